The van der Waals surface area contributed by atoms with Crippen molar-refractivity contribution in [2.24, 2.45) is 5.10 Å². The molecule has 1 aliphatic rings. The molecule has 6 heteroatoms. The first-order chi connectivity index (χ1) is 10.8. The lowest BCUT2D eigenvalue weighted by Crippen LogP contribution is -2.18. The number of rotatable bonds is 3. The van der Waals surface area contributed by atoms with E-state index in [1.165, 1.54) is 18.4 Å². The van der Waals surface area contributed by atoms with E-state index in [0.717, 1.165) is 23.4 Å². The molecule has 1 heterocycles. The maximum absolute atomic E-state index is 13.1. The summed E-state index contributed by atoms with van der Waals surface area (Å²) >= 11 is 0. The fourth-order valence-electron chi connectivity index (χ4n) is 2.69. The van der Waals surface area contributed by atoms with Crippen molar-refractivity contribution in [2.75, 3.05) is 11.3 Å². The molecule has 0 N–H and O–H groups in total. The molecule has 0 aliphatic carbocycles. The van der Waals surface area contributed by atoms with Gasteiger partial charge in [-0.25, -0.2) is 12.8 Å². The maximum Gasteiger partial charge on any atom is 0.175 e. The second-order valence-electron chi connectivity index (χ2n) is 5.72. The molecule has 1 aliphatic heterocycles. The number of benzene rings is 2. The van der Waals surface area contributed by atoms with E-state index in [0.29, 0.717) is 0 Å². The van der Waals surface area contributed by atoms with Gasteiger partial charge < -0.3 is 0 Å². The van der Waals surface area contributed by atoms with Gasteiger partial charge in [0.05, 0.1) is 16.6 Å². The van der Waals surface area contributed by atoms with Gasteiger partial charge in [0.15, 0.2) is 9.84 Å². The normalized spacial score (nSPS) is 18.1. The smallest absolute Gasteiger partial charge is 0.175 e. The lowest BCUT2D eigenvalue weighted by molar-refractivity contribution is 0.602. The van der Waals surface area contributed by atoms with Crippen LogP contribution >= 0.6 is 0 Å². The van der Waals surface area contributed by atoms with E-state index in [1.807, 2.05) is 11.9 Å². The Morgan fingerprint density at radius 2 is 1.70 bits per heavy atom. The van der Waals surface area contributed by atoms with Gasteiger partial charge in [-0.05, 0) is 48.9 Å². The van der Waals surface area contributed by atoms with E-state index in [2.05, 4.69) is 5.10 Å². The topological polar surface area (TPSA) is 49.7 Å². The van der Waals surface area contributed by atoms with E-state index < -0.39 is 9.84 Å². The van der Waals surface area contributed by atoms with Crippen LogP contribution in [-0.4, -0.2) is 20.4 Å². The monoisotopic (exact) mass is 332 g/mol. The zero-order valence-electron chi connectivity index (χ0n) is 12.9. The Morgan fingerprint density at radius 1 is 1.09 bits per heavy atom. The number of halogens is 1. The quantitative estimate of drug-likeness (QED) is 0.863. The van der Waals surface area contributed by atoms with Crippen molar-refractivity contribution in [3.8, 4) is 0 Å². The summed E-state index contributed by atoms with van der Waals surface area (Å²) in [6.07, 6.45) is 1.93. The Bertz CT molecular complexity index is 843. The van der Waals surface area contributed by atoms with E-state index in [9.17, 15) is 12.8 Å². The Hall–Kier alpha value is -2.21. The van der Waals surface area contributed by atoms with Crippen LogP contribution in [0.4, 0.5) is 10.1 Å². The molecular formula is C17H17FN2O2S. The minimum Gasteiger partial charge on any atom is -0.258 e. The molecule has 0 bridgehead atoms. The molecular weight excluding hydrogens is 315 g/mol. The zero-order valence-corrected chi connectivity index (χ0v) is 13.7. The van der Waals surface area contributed by atoms with Crippen LogP contribution < -0.4 is 5.01 Å². The second-order valence-corrected chi connectivity index (χ2v) is 7.73. The molecule has 0 aromatic heterocycles. The van der Waals surface area contributed by atoms with Crippen LogP contribution in [0.1, 0.15) is 24.9 Å². The van der Waals surface area contributed by atoms with Crippen molar-refractivity contribution in [1.82, 2.24) is 0 Å². The van der Waals surface area contributed by atoms with Gasteiger partial charge in [-0.1, -0.05) is 12.1 Å². The minimum absolute atomic E-state index is 0.0142. The summed E-state index contributed by atoms with van der Waals surface area (Å²) in [6.45, 7) is 1.95. The molecule has 0 spiro atoms. The predicted molar refractivity (Wildman–Crippen MR) is 88.9 cm³/mol. The Labute approximate surface area is 135 Å². The number of hydrogen-bond donors (Lipinski definition) is 0. The van der Waals surface area contributed by atoms with Crippen LogP contribution in [0.3, 0.4) is 0 Å². The SMILES string of the molecule is CC1=NN(c2ccc(S(C)(=O)=O)cc2)C(c2ccc(F)cc2)C1. The lowest BCUT2D eigenvalue weighted by atomic mass is 10.0. The predicted octanol–water partition coefficient (Wildman–Crippen LogP) is 3.56. The molecule has 0 amide bonds. The van der Waals surface area contributed by atoms with Crippen molar-refractivity contribution in [3.05, 3.63) is 59.9 Å². The average molecular weight is 332 g/mol. The summed E-state index contributed by atoms with van der Waals surface area (Å²) in [5.41, 5.74) is 2.76. The molecule has 23 heavy (non-hydrogen) atoms. The molecule has 2 aromatic carbocycles. The molecule has 0 saturated carbocycles. The molecule has 4 nitrogen and oxygen atoms in total. The molecule has 1 atom stereocenters. The van der Waals surface area contributed by atoms with E-state index in [1.54, 1.807) is 36.4 Å². The van der Waals surface area contributed by atoms with Crippen molar-refractivity contribution in [1.29, 1.82) is 0 Å². The molecule has 3 rings (SSSR count). The Morgan fingerprint density at radius 3 is 2.26 bits per heavy atom. The summed E-state index contributed by atoms with van der Waals surface area (Å²) < 4.78 is 36.2. The van der Waals surface area contributed by atoms with E-state index in [-0.39, 0.29) is 16.8 Å². The number of hydrogen-bond acceptors (Lipinski definition) is 4. The third kappa shape index (κ3) is 3.27. The third-order valence-electron chi connectivity index (χ3n) is 3.85. The first-order valence-electron chi connectivity index (χ1n) is 7.23. The largest absolute Gasteiger partial charge is 0.258 e. The Kier molecular flexibility index (Phi) is 3.93. The van der Waals surface area contributed by atoms with Gasteiger partial charge in [0.25, 0.3) is 0 Å². The van der Waals surface area contributed by atoms with Gasteiger partial charge in [0.2, 0.25) is 0 Å². The van der Waals surface area contributed by atoms with Crippen molar-refractivity contribution >= 4 is 21.2 Å². The first kappa shape index (κ1) is 15.7. The second kappa shape index (κ2) is 5.77. The summed E-state index contributed by atoms with van der Waals surface area (Å²) in [4.78, 5) is 0.277. The van der Waals surface area contributed by atoms with Gasteiger partial charge in [-0.15, -0.1) is 0 Å². The Balaban J connectivity index is 1.94. The highest BCUT2D eigenvalue weighted by Gasteiger charge is 2.27. The molecule has 0 saturated heterocycles. The van der Waals surface area contributed by atoms with E-state index >= 15 is 0 Å². The highest BCUT2D eigenvalue weighted by atomic mass is 32.2. The molecule has 2 aromatic rings. The first-order valence-corrected chi connectivity index (χ1v) is 9.12. The molecule has 1 unspecified atom stereocenters. The highest BCUT2D eigenvalue weighted by Crippen LogP contribution is 2.35. The molecule has 0 fully saturated rings. The molecule has 0 radical (unpaired) electrons. The number of hydrazone groups is 1. The van der Waals surface area contributed by atoms with Crippen LogP contribution in [0.5, 0.6) is 0 Å². The van der Waals surface area contributed by atoms with Gasteiger partial charge in [0.1, 0.15) is 5.82 Å². The zero-order chi connectivity index (χ0) is 16.6. The summed E-state index contributed by atoms with van der Waals surface area (Å²) in [6, 6.07) is 13.0. The number of nitrogens with zero attached hydrogens (tertiary/aromatic N) is 2. The summed E-state index contributed by atoms with van der Waals surface area (Å²) in [5, 5.41) is 6.39. The van der Waals surface area contributed by atoms with Gasteiger partial charge >= 0.3 is 0 Å². The van der Waals surface area contributed by atoms with Crippen LogP contribution in [-0.2, 0) is 9.84 Å². The number of anilines is 1. The van der Waals surface area contributed by atoms with Crippen LogP contribution in [0.25, 0.3) is 0 Å². The van der Waals surface area contributed by atoms with Gasteiger partial charge in [-0.3, -0.25) is 5.01 Å². The summed E-state index contributed by atoms with van der Waals surface area (Å²) in [7, 11) is -3.22. The molecule has 120 valence electrons. The lowest BCUT2D eigenvalue weighted by Gasteiger charge is -2.24. The third-order valence-corrected chi connectivity index (χ3v) is 4.98. The van der Waals surface area contributed by atoms with Crippen LogP contribution in [0.2, 0.25) is 0 Å². The van der Waals surface area contributed by atoms with E-state index in [4.69, 9.17) is 0 Å². The van der Waals surface area contributed by atoms with Gasteiger partial charge in [0, 0.05) is 18.4 Å². The van der Waals surface area contributed by atoms with Crippen LogP contribution in [0, 0.1) is 5.82 Å². The average Bonchev–Trinajstić information content (AvgIpc) is 2.89. The fraction of sp³-hybridized carbons (Fsp3) is 0.235. The standard InChI is InChI=1S/C17H17FN2O2S/c1-12-11-17(13-3-5-14(18)6-4-13)20(19-12)15-7-9-16(10-8-15)23(2,21)22/h3-10,17H,11H2,1-2H3. The highest BCUT2D eigenvalue weighted by molar-refractivity contribution is 7.90. The van der Waals surface area contributed by atoms with Crippen molar-refractivity contribution in [2.45, 2.75) is 24.3 Å². The minimum atomic E-state index is -3.22. The van der Waals surface area contributed by atoms with Gasteiger partial charge in [-0.2, -0.15) is 5.10 Å². The van der Waals surface area contributed by atoms with Crippen LogP contribution in [0.15, 0.2) is 58.5 Å². The van der Waals surface area contributed by atoms with Crippen molar-refractivity contribution < 1.29 is 12.8 Å². The van der Waals surface area contributed by atoms with Crippen molar-refractivity contribution in [3.63, 3.8) is 0 Å². The summed E-state index contributed by atoms with van der Waals surface area (Å²) in [5.74, 6) is -0.270. The fourth-order valence-corrected chi connectivity index (χ4v) is 3.32. The number of sulfone groups is 1. The maximum atomic E-state index is 13.1.